The summed E-state index contributed by atoms with van der Waals surface area (Å²) in [7, 11) is 0. The number of aryl methyl sites for hydroxylation is 1. The first-order valence-electron chi connectivity index (χ1n) is 8.08. The molecule has 2 aromatic rings. The van der Waals surface area contributed by atoms with Crippen LogP contribution < -0.4 is 10.5 Å². The van der Waals surface area contributed by atoms with E-state index in [1.807, 2.05) is 4.90 Å². The fraction of sp³-hybridized carbons (Fsp3) is 0.333. The lowest BCUT2D eigenvalue weighted by Crippen LogP contribution is -2.39. The van der Waals surface area contributed by atoms with Crippen LogP contribution in [0.4, 0.5) is 5.82 Å². The Labute approximate surface area is 144 Å². The van der Waals surface area contributed by atoms with Crippen LogP contribution in [0.15, 0.2) is 35.4 Å². The maximum Gasteiger partial charge on any atom is 0.341 e. The zero-order valence-electron chi connectivity index (χ0n) is 13.8. The third kappa shape index (κ3) is 3.11. The van der Waals surface area contributed by atoms with Gasteiger partial charge in [0, 0.05) is 31.5 Å². The number of pyridine rings is 2. The Morgan fingerprint density at radius 2 is 2.08 bits per heavy atom. The molecule has 7 heteroatoms. The molecule has 1 N–H and O–H groups in total. The first kappa shape index (κ1) is 16.7. The predicted molar refractivity (Wildman–Crippen MR) is 91.8 cm³/mol. The molecule has 3 rings (SSSR count). The van der Waals surface area contributed by atoms with Gasteiger partial charge in [-0.05, 0) is 43.5 Å². The maximum atomic E-state index is 12.5. The first-order chi connectivity index (χ1) is 12.0. The number of piperidine rings is 1. The fourth-order valence-corrected chi connectivity index (χ4v) is 3.28. The molecule has 0 bridgehead atoms. The van der Waals surface area contributed by atoms with Crippen LogP contribution >= 0.6 is 0 Å². The second-order valence-electron chi connectivity index (χ2n) is 6.10. The van der Waals surface area contributed by atoms with Crippen LogP contribution in [0.1, 0.15) is 40.4 Å². The Hall–Kier alpha value is -3.14. The molecule has 1 aliphatic heterocycles. The summed E-state index contributed by atoms with van der Waals surface area (Å²) >= 11 is 0. The molecule has 0 atom stereocenters. The van der Waals surface area contributed by atoms with E-state index in [1.54, 1.807) is 37.5 Å². The number of carboxylic acid groups (broad SMARTS) is 1. The molecule has 0 spiro atoms. The number of carboxylic acids is 1. The van der Waals surface area contributed by atoms with Crippen LogP contribution in [-0.2, 0) is 0 Å². The molecule has 0 saturated carbocycles. The zero-order valence-corrected chi connectivity index (χ0v) is 13.8. The molecule has 0 radical (unpaired) electrons. The lowest BCUT2D eigenvalue weighted by molar-refractivity contribution is 0.0693. The van der Waals surface area contributed by atoms with E-state index in [0.29, 0.717) is 42.9 Å². The molecule has 0 aliphatic carbocycles. The van der Waals surface area contributed by atoms with Crippen molar-refractivity contribution in [2.45, 2.75) is 25.8 Å². The van der Waals surface area contributed by atoms with Crippen molar-refractivity contribution in [2.24, 2.45) is 0 Å². The van der Waals surface area contributed by atoms with Crippen LogP contribution in [0.2, 0.25) is 0 Å². The summed E-state index contributed by atoms with van der Waals surface area (Å²) in [4.78, 5) is 30.1. The molecule has 128 valence electrons. The van der Waals surface area contributed by atoms with E-state index in [4.69, 9.17) is 0 Å². The van der Waals surface area contributed by atoms with E-state index in [-0.39, 0.29) is 11.6 Å². The summed E-state index contributed by atoms with van der Waals surface area (Å²) in [6.45, 7) is 2.93. The molecule has 0 aromatic carbocycles. The van der Waals surface area contributed by atoms with E-state index in [1.165, 1.54) is 4.57 Å². The van der Waals surface area contributed by atoms with Crippen LogP contribution in [0.25, 0.3) is 0 Å². The molecular formula is C18H18N4O3. The number of aromatic nitrogens is 2. The topological polar surface area (TPSA) is 99.2 Å². The van der Waals surface area contributed by atoms with E-state index in [9.17, 15) is 20.0 Å². The minimum absolute atomic E-state index is 0.0586. The van der Waals surface area contributed by atoms with Gasteiger partial charge in [0.2, 0.25) is 0 Å². The smallest absolute Gasteiger partial charge is 0.341 e. The van der Waals surface area contributed by atoms with Crippen molar-refractivity contribution in [3.8, 4) is 6.07 Å². The van der Waals surface area contributed by atoms with Crippen molar-refractivity contribution >= 4 is 11.8 Å². The number of hydrogen-bond donors (Lipinski definition) is 1. The number of rotatable bonds is 3. The van der Waals surface area contributed by atoms with Gasteiger partial charge in [-0.1, -0.05) is 0 Å². The molecule has 1 saturated heterocycles. The lowest BCUT2D eigenvalue weighted by atomic mass is 10.0. The van der Waals surface area contributed by atoms with Gasteiger partial charge >= 0.3 is 5.97 Å². The fourth-order valence-electron chi connectivity index (χ4n) is 3.28. The summed E-state index contributed by atoms with van der Waals surface area (Å²) in [6.07, 6.45) is 4.70. The number of nitrogens with zero attached hydrogens (tertiary/aromatic N) is 4. The number of carbonyl (C=O) groups is 1. The highest BCUT2D eigenvalue weighted by atomic mass is 16.4. The quantitative estimate of drug-likeness (QED) is 0.918. The second-order valence-corrected chi connectivity index (χ2v) is 6.10. The standard InChI is InChI=1S/C18H18N4O3/c1-12-4-10-22(17(23)15(12)18(24)25)14-5-8-21(9-6-14)16-13(11-19)3-2-7-20-16/h2-4,7,10,14H,5-6,8-9H2,1H3,(H,24,25). The number of hydrogen-bond acceptors (Lipinski definition) is 5. The highest BCUT2D eigenvalue weighted by molar-refractivity contribution is 5.88. The van der Waals surface area contributed by atoms with Gasteiger partial charge < -0.3 is 14.6 Å². The molecule has 0 amide bonds. The predicted octanol–water partition coefficient (Wildman–Crippen LogP) is 1.96. The summed E-state index contributed by atoms with van der Waals surface area (Å²) in [6, 6.07) is 7.22. The molecule has 2 aromatic heterocycles. The Kier molecular flexibility index (Phi) is 4.52. The van der Waals surface area contributed by atoms with E-state index in [2.05, 4.69) is 11.1 Å². The molecule has 1 aliphatic rings. The van der Waals surface area contributed by atoms with Crippen LogP contribution in [0.3, 0.4) is 0 Å². The van der Waals surface area contributed by atoms with Crippen molar-refractivity contribution in [3.63, 3.8) is 0 Å². The average molecular weight is 338 g/mol. The highest BCUT2D eigenvalue weighted by Crippen LogP contribution is 2.26. The van der Waals surface area contributed by atoms with Crippen molar-refractivity contribution < 1.29 is 9.90 Å². The van der Waals surface area contributed by atoms with Gasteiger partial charge in [-0.25, -0.2) is 9.78 Å². The van der Waals surface area contributed by atoms with Crippen molar-refractivity contribution in [3.05, 3.63) is 57.6 Å². The SMILES string of the molecule is Cc1ccn(C2CCN(c3ncccc3C#N)CC2)c(=O)c1C(=O)O. The molecule has 3 heterocycles. The first-order valence-corrected chi connectivity index (χ1v) is 8.08. The largest absolute Gasteiger partial charge is 0.477 e. The second kappa shape index (κ2) is 6.77. The van der Waals surface area contributed by atoms with Gasteiger partial charge in [0.15, 0.2) is 0 Å². The summed E-state index contributed by atoms with van der Waals surface area (Å²) in [5, 5.41) is 18.5. The van der Waals surface area contributed by atoms with Gasteiger partial charge in [-0.15, -0.1) is 0 Å². The Morgan fingerprint density at radius 3 is 2.72 bits per heavy atom. The van der Waals surface area contributed by atoms with Crippen molar-refractivity contribution in [2.75, 3.05) is 18.0 Å². The van der Waals surface area contributed by atoms with Crippen LogP contribution in [0, 0.1) is 18.3 Å². The molecular weight excluding hydrogens is 320 g/mol. The van der Waals surface area contributed by atoms with E-state index in [0.717, 1.165) is 0 Å². The van der Waals surface area contributed by atoms with E-state index < -0.39 is 11.5 Å². The third-order valence-electron chi connectivity index (χ3n) is 4.61. The number of anilines is 1. The van der Waals surface area contributed by atoms with Gasteiger partial charge in [0.05, 0.1) is 5.56 Å². The van der Waals surface area contributed by atoms with Crippen molar-refractivity contribution in [1.82, 2.24) is 9.55 Å². The van der Waals surface area contributed by atoms with Gasteiger partial charge in [0.25, 0.3) is 5.56 Å². The number of nitriles is 1. The third-order valence-corrected chi connectivity index (χ3v) is 4.61. The molecule has 1 fully saturated rings. The Morgan fingerprint density at radius 1 is 1.36 bits per heavy atom. The minimum Gasteiger partial charge on any atom is -0.477 e. The zero-order chi connectivity index (χ0) is 18.0. The minimum atomic E-state index is -1.19. The van der Waals surface area contributed by atoms with E-state index >= 15 is 0 Å². The number of aromatic carboxylic acids is 1. The van der Waals surface area contributed by atoms with Gasteiger partial charge in [0.1, 0.15) is 17.5 Å². The summed E-state index contributed by atoms with van der Waals surface area (Å²) in [5.74, 6) is -0.535. The van der Waals surface area contributed by atoms with Crippen molar-refractivity contribution in [1.29, 1.82) is 5.26 Å². The molecule has 0 unspecified atom stereocenters. The average Bonchev–Trinajstić information content (AvgIpc) is 2.62. The Balaban J connectivity index is 1.82. The van der Waals surface area contributed by atoms with Crippen LogP contribution in [-0.4, -0.2) is 33.7 Å². The maximum absolute atomic E-state index is 12.5. The highest BCUT2D eigenvalue weighted by Gasteiger charge is 2.25. The monoisotopic (exact) mass is 338 g/mol. The normalized spacial score (nSPS) is 15.0. The Bertz CT molecular complexity index is 905. The molecule has 25 heavy (non-hydrogen) atoms. The van der Waals surface area contributed by atoms with Gasteiger partial charge in [-0.3, -0.25) is 4.79 Å². The summed E-state index contributed by atoms with van der Waals surface area (Å²) < 4.78 is 1.53. The van der Waals surface area contributed by atoms with Gasteiger partial charge in [-0.2, -0.15) is 5.26 Å². The molecule has 7 nitrogen and oxygen atoms in total. The van der Waals surface area contributed by atoms with Crippen LogP contribution in [0.5, 0.6) is 0 Å². The summed E-state index contributed by atoms with van der Waals surface area (Å²) in [5.41, 5.74) is 0.378. The lowest BCUT2D eigenvalue weighted by Gasteiger charge is -2.34.